The van der Waals surface area contributed by atoms with Gasteiger partial charge in [-0.15, -0.1) is 11.3 Å². The number of aromatic nitrogens is 2. The molecule has 4 rings (SSSR count). The van der Waals surface area contributed by atoms with E-state index in [0.29, 0.717) is 5.56 Å². The normalized spacial score (nSPS) is 10.9. The molecular weight excluding hydrogens is 394 g/mol. The number of hydrogen-bond acceptors (Lipinski definition) is 6. The minimum Gasteiger partial charge on any atom is -0.456 e. The van der Waals surface area contributed by atoms with E-state index in [1.165, 1.54) is 16.9 Å². The predicted octanol–water partition coefficient (Wildman–Crippen LogP) is 5.97. The minimum atomic E-state index is -0.346. The van der Waals surface area contributed by atoms with Crippen LogP contribution in [-0.4, -0.2) is 15.9 Å². The average Bonchev–Trinajstić information content (AvgIpc) is 3.20. The summed E-state index contributed by atoms with van der Waals surface area (Å²) in [5, 5.41) is 6.76. The van der Waals surface area contributed by atoms with E-state index in [0.717, 1.165) is 45.1 Å². The molecule has 0 spiro atoms. The third kappa shape index (κ3) is 4.19. The number of hydrogen-bond donors (Lipinski definition) is 1. The summed E-state index contributed by atoms with van der Waals surface area (Å²) in [6, 6.07) is 15.8. The molecule has 0 saturated heterocycles. The Morgan fingerprint density at radius 1 is 1.07 bits per heavy atom. The zero-order valence-corrected chi connectivity index (χ0v) is 18.0. The van der Waals surface area contributed by atoms with Crippen LogP contribution in [0, 0.1) is 13.8 Å². The summed E-state index contributed by atoms with van der Waals surface area (Å²) in [5.41, 5.74) is 6.09. The summed E-state index contributed by atoms with van der Waals surface area (Å²) < 4.78 is 5.63. The molecule has 0 atom stereocenters. The van der Waals surface area contributed by atoms with E-state index in [9.17, 15) is 4.79 Å². The van der Waals surface area contributed by atoms with Gasteiger partial charge in [0.1, 0.15) is 6.61 Å². The number of pyridine rings is 1. The molecule has 1 N–H and O–H groups in total. The van der Waals surface area contributed by atoms with Gasteiger partial charge < -0.3 is 10.1 Å². The second kappa shape index (κ2) is 8.63. The molecule has 2 heterocycles. The molecule has 0 fully saturated rings. The van der Waals surface area contributed by atoms with Gasteiger partial charge >= 0.3 is 5.97 Å². The largest absolute Gasteiger partial charge is 0.456 e. The SMILES string of the molecule is CCc1nc2ccccc2c(C(=O)OCc2csc(Nc3ccc(C)cc3)n2)c1C. The Morgan fingerprint density at radius 2 is 1.83 bits per heavy atom. The number of nitrogens with zero attached hydrogens (tertiary/aromatic N) is 2. The van der Waals surface area contributed by atoms with Crippen LogP contribution in [0.1, 0.15) is 39.8 Å². The highest BCUT2D eigenvalue weighted by molar-refractivity contribution is 7.13. The summed E-state index contributed by atoms with van der Waals surface area (Å²) in [7, 11) is 0. The summed E-state index contributed by atoms with van der Waals surface area (Å²) in [6.45, 7) is 6.15. The predicted molar refractivity (Wildman–Crippen MR) is 122 cm³/mol. The Kier molecular flexibility index (Phi) is 5.77. The summed E-state index contributed by atoms with van der Waals surface area (Å²) in [6.07, 6.45) is 0.761. The fourth-order valence-electron chi connectivity index (χ4n) is 3.37. The summed E-state index contributed by atoms with van der Waals surface area (Å²) in [4.78, 5) is 22.2. The van der Waals surface area contributed by atoms with Crippen molar-refractivity contribution in [1.29, 1.82) is 0 Å². The van der Waals surface area contributed by atoms with E-state index in [-0.39, 0.29) is 12.6 Å². The fraction of sp³-hybridized carbons (Fsp3) is 0.208. The topological polar surface area (TPSA) is 64.1 Å². The molecule has 0 radical (unpaired) electrons. The van der Waals surface area contributed by atoms with Gasteiger partial charge in [-0.2, -0.15) is 0 Å². The standard InChI is InChI=1S/C24H23N3O2S/c1-4-20-16(3)22(19-7-5-6-8-21(19)27-20)23(28)29-13-18-14-30-24(26-18)25-17-11-9-15(2)10-12-17/h5-12,14H,4,13H2,1-3H3,(H,25,26). The highest BCUT2D eigenvalue weighted by atomic mass is 32.1. The summed E-state index contributed by atoms with van der Waals surface area (Å²) >= 11 is 1.48. The molecule has 0 unspecified atom stereocenters. The monoisotopic (exact) mass is 417 g/mol. The van der Waals surface area contributed by atoms with E-state index >= 15 is 0 Å². The van der Waals surface area contributed by atoms with Crippen LogP contribution in [0.5, 0.6) is 0 Å². The van der Waals surface area contributed by atoms with Crippen LogP contribution in [0.4, 0.5) is 10.8 Å². The highest BCUT2D eigenvalue weighted by Gasteiger charge is 2.19. The average molecular weight is 418 g/mol. The zero-order chi connectivity index (χ0) is 21.1. The maximum atomic E-state index is 13.0. The molecule has 0 saturated carbocycles. The molecule has 152 valence electrons. The Hall–Kier alpha value is -3.25. The molecule has 5 nitrogen and oxygen atoms in total. The second-order valence-corrected chi connectivity index (χ2v) is 8.00. The molecular formula is C24H23N3O2S. The van der Waals surface area contributed by atoms with Crippen molar-refractivity contribution in [3.05, 3.63) is 82.0 Å². The number of aryl methyl sites for hydroxylation is 2. The Morgan fingerprint density at radius 3 is 2.60 bits per heavy atom. The van der Waals surface area contributed by atoms with E-state index < -0.39 is 0 Å². The lowest BCUT2D eigenvalue weighted by Crippen LogP contribution is -2.11. The van der Waals surface area contributed by atoms with Gasteiger partial charge in [-0.3, -0.25) is 4.98 Å². The number of carbonyl (C=O) groups excluding carboxylic acids is 1. The van der Waals surface area contributed by atoms with Crippen LogP contribution in [0.15, 0.2) is 53.9 Å². The minimum absolute atomic E-state index is 0.127. The number of ether oxygens (including phenoxy) is 1. The van der Waals surface area contributed by atoms with E-state index in [1.807, 2.05) is 67.8 Å². The van der Waals surface area contributed by atoms with Crippen molar-refractivity contribution in [3.63, 3.8) is 0 Å². The molecule has 6 heteroatoms. The first kappa shape index (κ1) is 20.0. The number of anilines is 2. The maximum absolute atomic E-state index is 13.0. The van der Waals surface area contributed by atoms with Crippen molar-refractivity contribution in [2.45, 2.75) is 33.8 Å². The number of para-hydroxylation sites is 1. The highest BCUT2D eigenvalue weighted by Crippen LogP contribution is 2.26. The van der Waals surface area contributed by atoms with Gasteiger partial charge in [0, 0.05) is 22.1 Å². The Bertz CT molecular complexity index is 1200. The fourth-order valence-corrected chi connectivity index (χ4v) is 4.08. The number of thiazole rings is 1. The summed E-state index contributed by atoms with van der Waals surface area (Å²) in [5.74, 6) is -0.346. The van der Waals surface area contributed by atoms with Gasteiger partial charge in [0.2, 0.25) is 0 Å². The van der Waals surface area contributed by atoms with Gasteiger partial charge in [0.15, 0.2) is 5.13 Å². The van der Waals surface area contributed by atoms with Crippen molar-refractivity contribution >= 4 is 39.0 Å². The number of benzene rings is 2. The van der Waals surface area contributed by atoms with Crippen LogP contribution in [0.3, 0.4) is 0 Å². The lowest BCUT2D eigenvalue weighted by atomic mass is 10.0. The molecule has 4 aromatic rings. The molecule has 0 aliphatic rings. The quantitative estimate of drug-likeness (QED) is 0.392. The third-order valence-corrected chi connectivity index (χ3v) is 5.79. The van der Waals surface area contributed by atoms with Crippen LogP contribution in [0.2, 0.25) is 0 Å². The lowest BCUT2D eigenvalue weighted by molar-refractivity contribution is 0.0470. The smallest absolute Gasteiger partial charge is 0.339 e. The van der Waals surface area contributed by atoms with E-state index in [1.54, 1.807) is 0 Å². The number of rotatable bonds is 6. The van der Waals surface area contributed by atoms with Gasteiger partial charge in [0.05, 0.1) is 16.8 Å². The number of nitrogens with one attached hydrogen (secondary N) is 1. The number of carbonyl (C=O) groups is 1. The first-order valence-electron chi connectivity index (χ1n) is 9.88. The number of esters is 1. The van der Waals surface area contributed by atoms with Gasteiger partial charge in [-0.05, 0) is 44.0 Å². The van der Waals surface area contributed by atoms with Crippen molar-refractivity contribution in [2.24, 2.45) is 0 Å². The molecule has 2 aromatic carbocycles. The molecule has 0 bridgehead atoms. The number of fused-ring (bicyclic) bond motifs is 1. The Balaban J connectivity index is 1.50. The van der Waals surface area contributed by atoms with E-state index in [4.69, 9.17) is 4.74 Å². The van der Waals surface area contributed by atoms with Gasteiger partial charge in [-0.1, -0.05) is 42.8 Å². The first-order chi connectivity index (χ1) is 14.5. The lowest BCUT2D eigenvalue weighted by Gasteiger charge is -2.13. The molecule has 0 amide bonds. The first-order valence-corrected chi connectivity index (χ1v) is 10.8. The van der Waals surface area contributed by atoms with Crippen LogP contribution in [0.25, 0.3) is 10.9 Å². The molecule has 2 aromatic heterocycles. The molecule has 0 aliphatic heterocycles. The molecule has 30 heavy (non-hydrogen) atoms. The van der Waals surface area contributed by atoms with Crippen LogP contribution < -0.4 is 5.32 Å². The van der Waals surface area contributed by atoms with Gasteiger partial charge in [-0.25, -0.2) is 9.78 Å². The van der Waals surface area contributed by atoms with Crippen molar-refractivity contribution in [3.8, 4) is 0 Å². The van der Waals surface area contributed by atoms with Crippen LogP contribution in [-0.2, 0) is 17.8 Å². The zero-order valence-electron chi connectivity index (χ0n) is 17.2. The van der Waals surface area contributed by atoms with Crippen molar-refractivity contribution in [2.75, 3.05) is 5.32 Å². The van der Waals surface area contributed by atoms with Crippen LogP contribution >= 0.6 is 11.3 Å². The third-order valence-electron chi connectivity index (χ3n) is 4.98. The Labute approximate surface area is 179 Å². The van der Waals surface area contributed by atoms with Crippen molar-refractivity contribution < 1.29 is 9.53 Å². The maximum Gasteiger partial charge on any atom is 0.339 e. The van der Waals surface area contributed by atoms with Crippen molar-refractivity contribution in [1.82, 2.24) is 9.97 Å². The van der Waals surface area contributed by atoms with Gasteiger partial charge in [0.25, 0.3) is 0 Å². The second-order valence-electron chi connectivity index (χ2n) is 7.14. The molecule has 0 aliphatic carbocycles. The van der Waals surface area contributed by atoms with E-state index in [2.05, 4.69) is 22.2 Å².